The maximum absolute atomic E-state index is 11.2. The zero-order chi connectivity index (χ0) is 14.4. The van der Waals surface area contributed by atoms with Gasteiger partial charge in [0.15, 0.2) is 0 Å². The minimum Gasteiger partial charge on any atom is -0.326 e. The molecule has 1 aliphatic rings. The second kappa shape index (κ2) is 6.89. The summed E-state index contributed by atoms with van der Waals surface area (Å²) in [4.78, 5) is 11.2. The Morgan fingerprint density at radius 2 is 1.90 bits per heavy atom. The minimum absolute atomic E-state index is 0.0170. The molecule has 1 aromatic rings. The van der Waals surface area contributed by atoms with Crippen LogP contribution in [0.3, 0.4) is 0 Å². The molecular formula is C17H26N2O. The Kier molecular flexibility index (Phi) is 5.18. The second-order valence-electron chi connectivity index (χ2n) is 6.31. The number of para-hydroxylation sites is 1. The smallest absolute Gasteiger partial charge is 0.221 e. The number of carbonyl (C=O) groups is 1. The minimum atomic E-state index is -0.0170. The molecule has 2 N–H and O–H groups in total. The zero-order valence-electron chi connectivity index (χ0n) is 12.7. The highest BCUT2D eigenvalue weighted by molar-refractivity contribution is 5.89. The molecule has 2 rings (SSSR count). The second-order valence-corrected chi connectivity index (χ2v) is 6.31. The number of hydrogen-bond acceptors (Lipinski definition) is 2. The summed E-state index contributed by atoms with van der Waals surface area (Å²) in [6.07, 6.45) is 6.77. The number of benzene rings is 1. The SMILES string of the molecule is CC(=O)Nc1ccccc1CNCC1(C)CCCCC1. The number of carbonyl (C=O) groups excluding carboxylic acids is 1. The quantitative estimate of drug-likeness (QED) is 0.859. The summed E-state index contributed by atoms with van der Waals surface area (Å²) in [6, 6.07) is 8.00. The van der Waals surface area contributed by atoms with Crippen LogP contribution in [0.1, 0.15) is 51.5 Å². The van der Waals surface area contributed by atoms with Crippen LogP contribution >= 0.6 is 0 Å². The standard InChI is InChI=1S/C17H26N2O/c1-14(20)19-16-9-5-4-8-15(16)12-18-13-17(2)10-6-3-7-11-17/h4-5,8-9,18H,3,6-7,10-13H2,1-2H3,(H,19,20). The molecule has 1 amide bonds. The van der Waals surface area contributed by atoms with Crippen molar-refractivity contribution in [2.75, 3.05) is 11.9 Å². The monoisotopic (exact) mass is 274 g/mol. The number of nitrogens with one attached hydrogen (secondary N) is 2. The van der Waals surface area contributed by atoms with Gasteiger partial charge in [0.1, 0.15) is 0 Å². The van der Waals surface area contributed by atoms with Gasteiger partial charge in [0.25, 0.3) is 0 Å². The maximum atomic E-state index is 11.2. The van der Waals surface area contributed by atoms with E-state index in [9.17, 15) is 4.79 Å². The molecule has 0 atom stereocenters. The third-order valence-electron chi connectivity index (χ3n) is 4.26. The molecule has 1 fully saturated rings. The molecule has 0 unspecified atom stereocenters. The molecule has 0 saturated heterocycles. The molecular weight excluding hydrogens is 248 g/mol. The van der Waals surface area contributed by atoms with Crippen LogP contribution in [0.4, 0.5) is 5.69 Å². The van der Waals surface area contributed by atoms with Gasteiger partial charge in [0, 0.05) is 25.7 Å². The Morgan fingerprint density at radius 3 is 2.60 bits per heavy atom. The summed E-state index contributed by atoms with van der Waals surface area (Å²) in [6.45, 7) is 5.81. The fraction of sp³-hybridized carbons (Fsp3) is 0.588. The van der Waals surface area contributed by atoms with Gasteiger partial charge in [-0.15, -0.1) is 0 Å². The van der Waals surface area contributed by atoms with Crippen LogP contribution in [0, 0.1) is 5.41 Å². The first-order valence-electron chi connectivity index (χ1n) is 7.65. The Hall–Kier alpha value is -1.35. The molecule has 20 heavy (non-hydrogen) atoms. The summed E-state index contributed by atoms with van der Waals surface area (Å²) in [7, 11) is 0. The first kappa shape index (κ1) is 15.0. The third-order valence-corrected chi connectivity index (χ3v) is 4.26. The molecule has 0 aromatic heterocycles. The van der Waals surface area contributed by atoms with Gasteiger partial charge in [-0.05, 0) is 29.9 Å². The molecule has 1 saturated carbocycles. The summed E-state index contributed by atoms with van der Waals surface area (Å²) < 4.78 is 0. The summed E-state index contributed by atoms with van der Waals surface area (Å²) in [5.41, 5.74) is 2.52. The summed E-state index contributed by atoms with van der Waals surface area (Å²) in [5, 5.41) is 6.47. The Labute approximate surface area is 122 Å². The van der Waals surface area contributed by atoms with E-state index >= 15 is 0 Å². The third kappa shape index (κ3) is 4.34. The first-order valence-corrected chi connectivity index (χ1v) is 7.65. The molecule has 3 heteroatoms. The topological polar surface area (TPSA) is 41.1 Å². The van der Waals surface area contributed by atoms with Crippen LogP contribution in [0.2, 0.25) is 0 Å². The number of rotatable bonds is 5. The number of anilines is 1. The largest absolute Gasteiger partial charge is 0.326 e. The highest BCUT2D eigenvalue weighted by atomic mass is 16.1. The van der Waals surface area contributed by atoms with Crippen molar-refractivity contribution in [2.24, 2.45) is 5.41 Å². The van der Waals surface area contributed by atoms with Crippen LogP contribution in [-0.4, -0.2) is 12.5 Å². The molecule has 0 heterocycles. The molecule has 0 aliphatic heterocycles. The van der Waals surface area contributed by atoms with Crippen molar-refractivity contribution in [2.45, 2.75) is 52.5 Å². The van der Waals surface area contributed by atoms with Crippen molar-refractivity contribution < 1.29 is 4.79 Å². The number of hydrogen-bond donors (Lipinski definition) is 2. The van der Waals surface area contributed by atoms with Gasteiger partial charge in [-0.1, -0.05) is 44.4 Å². The van der Waals surface area contributed by atoms with E-state index in [4.69, 9.17) is 0 Å². The average molecular weight is 274 g/mol. The van der Waals surface area contributed by atoms with Gasteiger partial charge < -0.3 is 10.6 Å². The average Bonchev–Trinajstić information content (AvgIpc) is 2.41. The van der Waals surface area contributed by atoms with E-state index in [0.717, 1.165) is 24.3 Å². The maximum Gasteiger partial charge on any atom is 0.221 e. The van der Waals surface area contributed by atoms with E-state index in [1.54, 1.807) is 6.92 Å². The van der Waals surface area contributed by atoms with Gasteiger partial charge in [-0.25, -0.2) is 0 Å². The molecule has 1 aliphatic carbocycles. The van der Waals surface area contributed by atoms with Gasteiger partial charge >= 0.3 is 0 Å². The van der Waals surface area contributed by atoms with E-state index in [2.05, 4.69) is 23.6 Å². The van der Waals surface area contributed by atoms with Crippen LogP contribution in [0.25, 0.3) is 0 Å². The van der Waals surface area contributed by atoms with Gasteiger partial charge in [0.2, 0.25) is 5.91 Å². The Bertz CT molecular complexity index is 450. The van der Waals surface area contributed by atoms with E-state index in [1.165, 1.54) is 32.1 Å². The lowest BCUT2D eigenvalue weighted by atomic mass is 9.76. The van der Waals surface area contributed by atoms with Gasteiger partial charge in [0.05, 0.1) is 0 Å². The Balaban J connectivity index is 1.89. The van der Waals surface area contributed by atoms with Gasteiger partial charge in [-0.3, -0.25) is 4.79 Å². The van der Waals surface area contributed by atoms with Crippen molar-refractivity contribution >= 4 is 11.6 Å². The van der Waals surface area contributed by atoms with Gasteiger partial charge in [-0.2, -0.15) is 0 Å². The van der Waals surface area contributed by atoms with Crippen LogP contribution in [0.15, 0.2) is 24.3 Å². The van der Waals surface area contributed by atoms with Crippen molar-refractivity contribution in [3.63, 3.8) is 0 Å². The van der Waals surface area contributed by atoms with E-state index in [-0.39, 0.29) is 5.91 Å². The highest BCUT2D eigenvalue weighted by Gasteiger charge is 2.26. The summed E-state index contributed by atoms with van der Waals surface area (Å²) in [5.74, 6) is -0.0170. The number of amides is 1. The lowest BCUT2D eigenvalue weighted by Gasteiger charge is -2.33. The Morgan fingerprint density at radius 1 is 1.20 bits per heavy atom. The van der Waals surface area contributed by atoms with Crippen molar-refractivity contribution in [1.82, 2.24) is 5.32 Å². The lowest BCUT2D eigenvalue weighted by Crippen LogP contribution is -2.33. The predicted molar refractivity (Wildman–Crippen MR) is 83.6 cm³/mol. The normalized spacial score (nSPS) is 17.7. The lowest BCUT2D eigenvalue weighted by molar-refractivity contribution is -0.114. The first-order chi connectivity index (χ1) is 9.59. The predicted octanol–water partition coefficient (Wildman–Crippen LogP) is 3.71. The van der Waals surface area contributed by atoms with Crippen molar-refractivity contribution in [3.8, 4) is 0 Å². The molecule has 3 nitrogen and oxygen atoms in total. The zero-order valence-corrected chi connectivity index (χ0v) is 12.7. The molecule has 0 bridgehead atoms. The van der Waals surface area contributed by atoms with Crippen molar-refractivity contribution in [1.29, 1.82) is 0 Å². The molecule has 110 valence electrons. The van der Waals surface area contributed by atoms with Crippen LogP contribution in [-0.2, 0) is 11.3 Å². The fourth-order valence-corrected chi connectivity index (χ4v) is 3.07. The highest BCUT2D eigenvalue weighted by Crippen LogP contribution is 2.35. The van der Waals surface area contributed by atoms with E-state index < -0.39 is 0 Å². The molecule has 1 aromatic carbocycles. The van der Waals surface area contributed by atoms with Crippen LogP contribution < -0.4 is 10.6 Å². The van der Waals surface area contributed by atoms with Crippen LogP contribution in [0.5, 0.6) is 0 Å². The molecule has 0 spiro atoms. The van der Waals surface area contributed by atoms with E-state index in [0.29, 0.717) is 5.41 Å². The van der Waals surface area contributed by atoms with E-state index in [1.807, 2.05) is 18.2 Å². The fourth-order valence-electron chi connectivity index (χ4n) is 3.07. The molecule has 0 radical (unpaired) electrons. The summed E-state index contributed by atoms with van der Waals surface area (Å²) >= 11 is 0. The van der Waals surface area contributed by atoms with Crippen molar-refractivity contribution in [3.05, 3.63) is 29.8 Å².